The fourth-order valence-electron chi connectivity index (χ4n) is 3.86. The van der Waals surface area contributed by atoms with Crippen molar-refractivity contribution in [3.05, 3.63) is 0 Å². The van der Waals surface area contributed by atoms with Crippen molar-refractivity contribution in [2.75, 3.05) is 85.1 Å². The van der Waals surface area contributed by atoms with Gasteiger partial charge in [0, 0.05) is 78.5 Å². The van der Waals surface area contributed by atoms with Crippen LogP contribution in [0.25, 0.3) is 0 Å². The summed E-state index contributed by atoms with van der Waals surface area (Å²) < 4.78 is 0. The van der Waals surface area contributed by atoms with E-state index in [1.807, 2.05) is 0 Å². The number of carbonyl (C=O) groups excluding carboxylic acids is 4. The predicted molar refractivity (Wildman–Crippen MR) is 129 cm³/mol. The first-order valence-electron chi connectivity index (χ1n) is 12.2. The second-order valence-electron chi connectivity index (χ2n) is 9.01. The Bertz CT molecular complexity index is 744. The van der Waals surface area contributed by atoms with E-state index in [1.165, 1.54) is 0 Å². The molecule has 4 N–H and O–H groups in total. The van der Waals surface area contributed by atoms with Gasteiger partial charge in [-0.25, -0.2) is 0 Å². The van der Waals surface area contributed by atoms with Gasteiger partial charge in [0.05, 0.1) is 24.5 Å². The number of nitrogens with zero attached hydrogens (tertiary/aromatic N) is 4. The molecule has 1 saturated heterocycles. The Kier molecular flexibility index (Phi) is 19.0. The first-order valence-corrected chi connectivity index (χ1v) is 12.2. The van der Waals surface area contributed by atoms with Crippen molar-refractivity contribution >= 4 is 55.6 Å². The third kappa shape index (κ3) is 17.5. The Hall–Kier alpha value is -1.98. The van der Waals surface area contributed by atoms with Gasteiger partial charge in [-0.1, -0.05) is 0 Å². The number of carbonyl (C=O) groups is 5. The van der Waals surface area contributed by atoms with Gasteiger partial charge < -0.3 is 45.9 Å². The van der Waals surface area contributed by atoms with Crippen molar-refractivity contribution in [2.45, 2.75) is 25.3 Å². The van der Waals surface area contributed by atoms with Crippen LogP contribution in [-0.4, -0.2) is 171 Å². The van der Waals surface area contributed by atoms with Crippen molar-refractivity contribution in [3.63, 3.8) is 0 Å². The van der Waals surface area contributed by atoms with Gasteiger partial charge in [-0.05, 0) is 19.3 Å². The standard InChI is InChI=1S/C22H40N6O9.In/c23-17(22(36)37)3-1-2-4-24-18(29)13-25-5-7-26(14-19(30)31)9-11-28(16-21(34)35)12-10-27(8-6-25)15-20(32)33;/h17H,1-16,23H2,(H,24,29)(H,30,31)(H,32,33)(H,34,35)(H,36,37);/q;+3/p-3/t17-;/m0./s1/i;1-4. The number of hydrogen-bond acceptors (Lipinski definition) is 13. The predicted octanol–water partition coefficient (Wildman–Crippen LogP) is -7.22. The van der Waals surface area contributed by atoms with Gasteiger partial charge in [0.1, 0.15) is 6.04 Å². The normalized spacial score (nSPS) is 17.8. The molecule has 1 aliphatic heterocycles. The molecule has 38 heavy (non-hydrogen) atoms. The van der Waals surface area contributed by atoms with Gasteiger partial charge in [-0.3, -0.25) is 29.2 Å². The molecular formula is C22H37InN6O9. The van der Waals surface area contributed by atoms with Crippen molar-refractivity contribution < 1.29 is 44.4 Å². The zero-order chi connectivity index (χ0) is 27.8. The Morgan fingerprint density at radius 1 is 0.684 bits per heavy atom. The third-order valence-electron chi connectivity index (χ3n) is 5.94. The van der Waals surface area contributed by atoms with E-state index in [0.717, 1.165) is 0 Å². The maximum Gasteiger partial charge on any atom is 3.00 e. The molecule has 0 aliphatic carbocycles. The topological polar surface area (TPSA) is 226 Å². The smallest absolute Gasteiger partial charge is 0.549 e. The van der Waals surface area contributed by atoms with E-state index in [-0.39, 0.29) is 97.2 Å². The fourth-order valence-corrected chi connectivity index (χ4v) is 3.86. The molecule has 1 atom stereocenters. The van der Waals surface area contributed by atoms with Crippen LogP contribution in [0, 0.1) is 0 Å². The molecule has 16 heteroatoms. The quantitative estimate of drug-likeness (QED) is 0.150. The minimum absolute atomic E-state index is 0. The number of carboxylic acids is 4. The summed E-state index contributed by atoms with van der Waals surface area (Å²) in [7, 11) is 0. The molecule has 0 aromatic rings. The summed E-state index contributed by atoms with van der Waals surface area (Å²) in [6, 6.07) is -0.946. The first kappa shape index (κ1) is 36.0. The zero-order valence-corrected chi connectivity index (χ0v) is 24.8. The summed E-state index contributed by atoms with van der Waals surface area (Å²) in [6.45, 7) is 1.20. The summed E-state index contributed by atoms with van der Waals surface area (Å²) in [4.78, 5) is 63.3. The van der Waals surface area contributed by atoms with E-state index >= 15 is 0 Å². The molecule has 0 unspecified atom stereocenters. The fraction of sp³-hybridized carbons (Fsp3) is 0.773. The minimum atomic E-state index is -1.30. The summed E-state index contributed by atoms with van der Waals surface area (Å²) in [6.07, 6.45) is 1.37. The van der Waals surface area contributed by atoms with Crippen LogP contribution >= 0.6 is 0 Å². The minimum Gasteiger partial charge on any atom is -0.549 e. The number of hydrogen-bond donors (Lipinski definition) is 3. The first-order chi connectivity index (χ1) is 17.5. The second kappa shape index (κ2) is 20.0. The number of rotatable bonds is 14. The molecule has 0 aromatic carbocycles. The van der Waals surface area contributed by atoms with E-state index in [2.05, 4.69) is 5.32 Å². The molecule has 1 fully saturated rings. The average molecular weight is 640 g/mol. The summed E-state index contributed by atoms with van der Waals surface area (Å²) in [5, 5.41) is 45.1. The van der Waals surface area contributed by atoms with Gasteiger partial charge >= 0.3 is 31.8 Å². The van der Waals surface area contributed by atoms with Crippen LogP contribution in [0.2, 0.25) is 0 Å². The monoisotopic (exact) mass is 640 g/mol. The molecule has 1 amide bonds. The van der Waals surface area contributed by atoms with Gasteiger partial charge in [0.25, 0.3) is 0 Å². The number of nitrogens with one attached hydrogen (secondary N) is 1. The van der Waals surface area contributed by atoms with E-state index in [9.17, 15) is 39.3 Å². The number of nitrogens with two attached hydrogens (primary N) is 1. The van der Waals surface area contributed by atoms with Crippen LogP contribution in [-0.2, 0) is 24.0 Å². The van der Waals surface area contributed by atoms with Crippen molar-refractivity contribution in [1.29, 1.82) is 0 Å². The molecule has 0 spiro atoms. The third-order valence-corrected chi connectivity index (χ3v) is 5.94. The van der Waals surface area contributed by atoms with Crippen LogP contribution in [0.1, 0.15) is 19.3 Å². The van der Waals surface area contributed by atoms with Crippen molar-refractivity contribution in [2.24, 2.45) is 5.73 Å². The number of unbranched alkanes of at least 4 members (excludes halogenated alkanes) is 1. The second-order valence-corrected chi connectivity index (χ2v) is 9.01. The molecule has 1 heterocycles. The number of aliphatic carboxylic acids is 4. The molecule has 0 bridgehead atoms. The Labute approximate surface area is 240 Å². The SMILES string of the molecule is N[C@@H](CCCCNC(=O)CN1CCN(CC(=O)[O-])CCN(CC(=O)[O-])CCN(CC(=O)[O-])CC1)C(=O)O.[111In+3]. The van der Waals surface area contributed by atoms with Crippen LogP contribution in [0.4, 0.5) is 0 Å². The van der Waals surface area contributed by atoms with Crippen LogP contribution < -0.4 is 26.4 Å². The van der Waals surface area contributed by atoms with Gasteiger partial charge in [0.15, 0.2) is 0 Å². The molecule has 0 aromatic heterocycles. The Morgan fingerprint density at radius 2 is 1.03 bits per heavy atom. The number of amides is 1. The maximum absolute atomic E-state index is 12.5. The van der Waals surface area contributed by atoms with E-state index in [1.54, 1.807) is 19.6 Å². The molecule has 0 saturated carbocycles. The van der Waals surface area contributed by atoms with Crippen LogP contribution in [0.3, 0.4) is 0 Å². The maximum atomic E-state index is 12.5. The van der Waals surface area contributed by atoms with Gasteiger partial charge in [0.2, 0.25) is 5.91 Å². The van der Waals surface area contributed by atoms with Crippen molar-refractivity contribution in [1.82, 2.24) is 24.9 Å². The van der Waals surface area contributed by atoms with Gasteiger partial charge in [-0.15, -0.1) is 0 Å². The van der Waals surface area contributed by atoms with Crippen LogP contribution in [0.5, 0.6) is 0 Å². The van der Waals surface area contributed by atoms with E-state index in [0.29, 0.717) is 38.9 Å². The summed E-state index contributed by atoms with van der Waals surface area (Å²) >= 11 is 0. The Balaban J connectivity index is 0.0000137. The van der Waals surface area contributed by atoms with Gasteiger partial charge in [-0.2, -0.15) is 0 Å². The molecule has 1 rings (SSSR count). The largest absolute Gasteiger partial charge is 3.00 e. The van der Waals surface area contributed by atoms with Crippen molar-refractivity contribution in [3.8, 4) is 0 Å². The summed E-state index contributed by atoms with van der Waals surface area (Å²) in [5.74, 6) is -5.23. The van der Waals surface area contributed by atoms with Crippen LogP contribution in [0.15, 0.2) is 0 Å². The summed E-state index contributed by atoms with van der Waals surface area (Å²) in [5.41, 5.74) is 5.45. The molecule has 15 nitrogen and oxygen atoms in total. The average Bonchev–Trinajstić information content (AvgIpc) is 2.79. The molecule has 212 valence electrons. The van der Waals surface area contributed by atoms with E-state index in [4.69, 9.17) is 10.8 Å². The zero-order valence-electron chi connectivity index (χ0n) is 21.5. The number of carboxylic acid groups (broad SMARTS) is 4. The molecule has 1 aliphatic rings. The molecule has 0 radical (unpaired) electrons. The molecular weight excluding hydrogens is 603 g/mol. The van der Waals surface area contributed by atoms with E-state index < -0.39 is 29.9 Å². The Morgan fingerprint density at radius 3 is 1.34 bits per heavy atom.